The van der Waals surface area contributed by atoms with Gasteiger partial charge in [-0.2, -0.15) is 0 Å². The molecule has 1 spiro atoms. The maximum Gasteiger partial charge on any atom is 0.0611 e. The van der Waals surface area contributed by atoms with E-state index >= 15 is 0 Å². The van der Waals surface area contributed by atoms with Crippen molar-refractivity contribution in [2.75, 3.05) is 0 Å². The smallest absolute Gasteiger partial charge is 0.0611 e. The Kier molecular flexibility index (Phi) is 1.61. The number of aliphatic hydroxyl groups is 1. The van der Waals surface area contributed by atoms with Crippen LogP contribution in [0.1, 0.15) is 44.9 Å². The molecule has 1 N–H and O–H groups in total. The van der Waals surface area contributed by atoms with Crippen LogP contribution in [0, 0.1) is 11.3 Å². The average Bonchev–Trinajstić information content (AvgIpc) is 2.16. The minimum absolute atomic E-state index is 0.0180. The van der Waals surface area contributed by atoms with Gasteiger partial charge in [-0.25, -0.2) is 0 Å². The minimum Gasteiger partial charge on any atom is -0.392 e. The van der Waals surface area contributed by atoms with Crippen LogP contribution in [-0.4, -0.2) is 11.2 Å². The highest BCUT2D eigenvalue weighted by Crippen LogP contribution is 2.56. The molecule has 2 bridgehead atoms. The zero-order valence-electron chi connectivity index (χ0n) is 8.13. The van der Waals surface area contributed by atoms with E-state index in [2.05, 4.69) is 6.08 Å². The molecule has 4 aliphatic rings. The Labute approximate surface area is 79.8 Å². The van der Waals surface area contributed by atoms with Crippen LogP contribution in [0.4, 0.5) is 0 Å². The van der Waals surface area contributed by atoms with Crippen LogP contribution in [0.3, 0.4) is 0 Å². The van der Waals surface area contributed by atoms with E-state index in [1.54, 1.807) is 5.57 Å². The van der Waals surface area contributed by atoms with Gasteiger partial charge in [0.25, 0.3) is 0 Å². The SMILES string of the molecule is OC1CC23CCCCC2=CC1CC3. The van der Waals surface area contributed by atoms with Gasteiger partial charge in [0.05, 0.1) is 6.10 Å². The standard InChI is InChI=1S/C12H18O/c13-11-8-12-5-2-1-3-10(12)7-9(11)4-6-12/h7,9,11,13H,1-6,8H2. The third kappa shape index (κ3) is 1.03. The number of fused-ring (bicyclic) bond motifs is 2. The highest BCUT2D eigenvalue weighted by Gasteiger charge is 2.46. The second-order valence-corrected chi connectivity index (χ2v) is 5.15. The summed E-state index contributed by atoms with van der Waals surface area (Å²) >= 11 is 0. The molecule has 0 radical (unpaired) electrons. The summed E-state index contributed by atoms with van der Waals surface area (Å²) in [7, 11) is 0. The summed E-state index contributed by atoms with van der Waals surface area (Å²) in [5.41, 5.74) is 2.17. The molecule has 0 saturated heterocycles. The van der Waals surface area contributed by atoms with Crippen LogP contribution >= 0.6 is 0 Å². The molecule has 1 heteroatoms. The van der Waals surface area contributed by atoms with Crippen molar-refractivity contribution in [3.8, 4) is 0 Å². The van der Waals surface area contributed by atoms with Crippen LogP contribution in [0.15, 0.2) is 11.6 Å². The van der Waals surface area contributed by atoms with Crippen molar-refractivity contribution in [3.63, 3.8) is 0 Å². The summed E-state index contributed by atoms with van der Waals surface area (Å²) < 4.78 is 0. The van der Waals surface area contributed by atoms with E-state index < -0.39 is 0 Å². The molecule has 4 aliphatic carbocycles. The first kappa shape index (κ1) is 8.05. The number of hydrogen-bond acceptors (Lipinski definition) is 1. The normalized spacial score (nSPS) is 48.5. The third-order valence-corrected chi connectivity index (χ3v) is 4.50. The maximum absolute atomic E-state index is 9.89. The van der Waals surface area contributed by atoms with Gasteiger partial charge in [0, 0.05) is 5.92 Å². The quantitative estimate of drug-likeness (QED) is 0.565. The van der Waals surface area contributed by atoms with Crippen LogP contribution in [-0.2, 0) is 0 Å². The van der Waals surface area contributed by atoms with Crippen molar-refractivity contribution < 1.29 is 5.11 Å². The zero-order valence-corrected chi connectivity index (χ0v) is 8.13. The van der Waals surface area contributed by atoms with Crippen molar-refractivity contribution in [3.05, 3.63) is 11.6 Å². The highest BCUT2D eigenvalue weighted by atomic mass is 16.3. The van der Waals surface area contributed by atoms with Gasteiger partial charge in [0.15, 0.2) is 0 Å². The van der Waals surface area contributed by atoms with Gasteiger partial charge >= 0.3 is 0 Å². The first-order chi connectivity index (χ1) is 6.30. The van der Waals surface area contributed by atoms with Gasteiger partial charge in [0.2, 0.25) is 0 Å². The van der Waals surface area contributed by atoms with Gasteiger partial charge in [-0.1, -0.05) is 18.1 Å². The fraction of sp³-hybridized carbons (Fsp3) is 0.833. The molecule has 3 atom stereocenters. The fourth-order valence-corrected chi connectivity index (χ4v) is 3.73. The van der Waals surface area contributed by atoms with Crippen molar-refractivity contribution in [1.29, 1.82) is 0 Å². The van der Waals surface area contributed by atoms with Gasteiger partial charge < -0.3 is 5.11 Å². The molecule has 0 heterocycles. The molecule has 0 amide bonds. The van der Waals surface area contributed by atoms with Gasteiger partial charge in [0.1, 0.15) is 0 Å². The largest absolute Gasteiger partial charge is 0.392 e. The molecule has 0 aliphatic heterocycles. The highest BCUT2D eigenvalue weighted by molar-refractivity contribution is 5.26. The molecular formula is C12H18O. The molecule has 1 nitrogen and oxygen atoms in total. The summed E-state index contributed by atoms with van der Waals surface area (Å²) in [6.45, 7) is 0. The van der Waals surface area contributed by atoms with E-state index in [0.29, 0.717) is 11.3 Å². The van der Waals surface area contributed by atoms with Gasteiger partial charge in [-0.15, -0.1) is 0 Å². The Morgan fingerprint density at radius 1 is 1.31 bits per heavy atom. The van der Waals surface area contributed by atoms with E-state index in [9.17, 15) is 5.11 Å². The van der Waals surface area contributed by atoms with Crippen molar-refractivity contribution in [2.45, 2.75) is 51.0 Å². The Bertz CT molecular complexity index is 256. The lowest BCUT2D eigenvalue weighted by molar-refractivity contribution is 0.00602. The van der Waals surface area contributed by atoms with E-state index in [-0.39, 0.29) is 6.10 Å². The predicted octanol–water partition coefficient (Wildman–Crippen LogP) is 2.65. The van der Waals surface area contributed by atoms with E-state index in [0.717, 1.165) is 6.42 Å². The predicted molar refractivity (Wildman–Crippen MR) is 52.3 cm³/mol. The molecule has 2 fully saturated rings. The zero-order chi connectivity index (χ0) is 8.89. The lowest BCUT2D eigenvalue weighted by Crippen LogP contribution is -2.43. The van der Waals surface area contributed by atoms with E-state index in [1.165, 1.54) is 38.5 Å². The summed E-state index contributed by atoms with van der Waals surface area (Å²) in [5, 5.41) is 9.89. The van der Waals surface area contributed by atoms with Gasteiger partial charge in [-0.05, 0) is 43.9 Å². The Balaban J connectivity index is 2.01. The Morgan fingerprint density at radius 3 is 3.08 bits per heavy atom. The molecule has 2 saturated carbocycles. The summed E-state index contributed by atoms with van der Waals surface area (Å²) in [4.78, 5) is 0. The Hall–Kier alpha value is -0.300. The van der Waals surface area contributed by atoms with Crippen LogP contribution in [0.25, 0.3) is 0 Å². The number of hydrogen-bond donors (Lipinski definition) is 1. The molecule has 0 aromatic heterocycles. The first-order valence-electron chi connectivity index (χ1n) is 5.69. The molecule has 3 unspecified atom stereocenters. The second-order valence-electron chi connectivity index (χ2n) is 5.15. The number of aliphatic hydroxyl groups excluding tert-OH is 1. The Morgan fingerprint density at radius 2 is 2.23 bits per heavy atom. The van der Waals surface area contributed by atoms with Crippen molar-refractivity contribution >= 4 is 0 Å². The van der Waals surface area contributed by atoms with Crippen molar-refractivity contribution in [2.24, 2.45) is 11.3 Å². The van der Waals surface area contributed by atoms with Crippen molar-refractivity contribution in [1.82, 2.24) is 0 Å². The second kappa shape index (κ2) is 2.60. The maximum atomic E-state index is 9.89. The summed E-state index contributed by atoms with van der Waals surface area (Å²) in [5.74, 6) is 0.509. The van der Waals surface area contributed by atoms with E-state index in [1.807, 2.05) is 0 Å². The monoisotopic (exact) mass is 178 g/mol. The van der Waals surface area contributed by atoms with Crippen LogP contribution in [0.2, 0.25) is 0 Å². The lowest BCUT2D eigenvalue weighted by Gasteiger charge is -2.51. The van der Waals surface area contributed by atoms with E-state index in [4.69, 9.17) is 0 Å². The number of rotatable bonds is 0. The van der Waals surface area contributed by atoms with Gasteiger partial charge in [-0.3, -0.25) is 0 Å². The molecule has 0 aromatic carbocycles. The topological polar surface area (TPSA) is 20.2 Å². The molecule has 4 rings (SSSR count). The first-order valence-corrected chi connectivity index (χ1v) is 5.69. The lowest BCUT2D eigenvalue weighted by atomic mass is 9.55. The number of allylic oxidation sites excluding steroid dienone is 1. The molecular weight excluding hydrogens is 160 g/mol. The molecule has 13 heavy (non-hydrogen) atoms. The minimum atomic E-state index is -0.0180. The van der Waals surface area contributed by atoms with Crippen LogP contribution < -0.4 is 0 Å². The average molecular weight is 178 g/mol. The fourth-order valence-electron chi connectivity index (χ4n) is 3.73. The third-order valence-electron chi connectivity index (χ3n) is 4.50. The molecule has 72 valence electrons. The summed E-state index contributed by atoms with van der Waals surface area (Å²) in [6, 6.07) is 0. The van der Waals surface area contributed by atoms with Crippen LogP contribution in [0.5, 0.6) is 0 Å². The molecule has 0 aromatic rings. The summed E-state index contributed by atoms with van der Waals surface area (Å²) in [6.07, 6.45) is 11.5.